The molecule has 2 rings (SSSR count). The largest absolute Gasteiger partial charge is 0.495 e. The van der Waals surface area contributed by atoms with E-state index in [0.717, 1.165) is 6.54 Å². The normalized spacial score (nSPS) is 17.4. The quantitative estimate of drug-likeness (QED) is 0.812. The van der Waals surface area contributed by atoms with Gasteiger partial charge in [0, 0.05) is 23.4 Å². The summed E-state index contributed by atoms with van der Waals surface area (Å²) in [5.41, 5.74) is 6.46. The Morgan fingerprint density at radius 2 is 2.11 bits per heavy atom. The molecule has 0 aliphatic heterocycles. The predicted molar refractivity (Wildman–Crippen MR) is 80.6 cm³/mol. The molecule has 0 saturated heterocycles. The summed E-state index contributed by atoms with van der Waals surface area (Å²) in [6.45, 7) is 0.776. The van der Waals surface area contributed by atoms with Crippen LogP contribution in [-0.4, -0.2) is 24.7 Å². The molecule has 0 bridgehead atoms. The fourth-order valence-corrected chi connectivity index (χ4v) is 3.52. The van der Waals surface area contributed by atoms with E-state index in [1.165, 1.54) is 38.9 Å². The molecule has 1 aliphatic rings. The smallest absolute Gasteiger partial charge is 0.148 e. The highest BCUT2D eigenvalue weighted by atomic mass is 32.2. The lowest BCUT2D eigenvalue weighted by Crippen LogP contribution is -2.30. The van der Waals surface area contributed by atoms with Gasteiger partial charge in [0.05, 0.1) is 18.5 Å². The van der Waals surface area contributed by atoms with E-state index in [1.54, 1.807) is 6.07 Å². The summed E-state index contributed by atoms with van der Waals surface area (Å²) in [6, 6.07) is 2.94. The van der Waals surface area contributed by atoms with Crippen LogP contribution in [0.2, 0.25) is 0 Å². The number of thioether (sulfide) groups is 1. The van der Waals surface area contributed by atoms with E-state index in [2.05, 4.69) is 11.6 Å². The monoisotopic (exact) mass is 284 g/mol. The zero-order valence-electron chi connectivity index (χ0n) is 11.5. The van der Waals surface area contributed by atoms with Gasteiger partial charge in [-0.1, -0.05) is 12.8 Å². The molecule has 19 heavy (non-hydrogen) atoms. The van der Waals surface area contributed by atoms with E-state index in [1.807, 2.05) is 11.8 Å². The van der Waals surface area contributed by atoms with Gasteiger partial charge in [-0.2, -0.15) is 11.8 Å². The topological polar surface area (TPSA) is 47.3 Å². The Bertz CT molecular complexity index is 447. The summed E-state index contributed by atoms with van der Waals surface area (Å²) in [5.74, 6) is 0.182. The number of ether oxygens (including phenoxy) is 1. The molecule has 1 aromatic rings. The van der Waals surface area contributed by atoms with Crippen molar-refractivity contribution < 1.29 is 9.13 Å². The van der Waals surface area contributed by atoms with Gasteiger partial charge < -0.3 is 15.8 Å². The highest BCUT2D eigenvalue weighted by Crippen LogP contribution is 2.40. The lowest BCUT2D eigenvalue weighted by molar-refractivity contribution is 0.416. The Hall–Kier alpha value is -1.10. The van der Waals surface area contributed by atoms with Crippen molar-refractivity contribution in [3.05, 3.63) is 17.9 Å². The number of halogens is 1. The fraction of sp³-hybridized carbons (Fsp3) is 0.571. The van der Waals surface area contributed by atoms with Crippen LogP contribution in [0.3, 0.4) is 0 Å². The molecule has 3 N–H and O–H groups in total. The molecular weight excluding hydrogens is 263 g/mol. The maximum absolute atomic E-state index is 13.9. The first kappa shape index (κ1) is 14.3. The molecule has 0 unspecified atom stereocenters. The van der Waals surface area contributed by atoms with Crippen molar-refractivity contribution in [2.75, 3.05) is 31.0 Å². The van der Waals surface area contributed by atoms with Crippen molar-refractivity contribution in [3.63, 3.8) is 0 Å². The van der Waals surface area contributed by atoms with E-state index < -0.39 is 0 Å². The van der Waals surface area contributed by atoms with Gasteiger partial charge in [0.1, 0.15) is 11.6 Å². The summed E-state index contributed by atoms with van der Waals surface area (Å²) < 4.78 is 19.2. The Labute approximate surface area is 118 Å². The van der Waals surface area contributed by atoms with Crippen LogP contribution in [0.4, 0.5) is 15.8 Å². The highest BCUT2D eigenvalue weighted by molar-refractivity contribution is 8.00. The summed E-state index contributed by atoms with van der Waals surface area (Å²) in [7, 11) is 1.54. The molecule has 0 radical (unpaired) electrons. The van der Waals surface area contributed by atoms with E-state index in [-0.39, 0.29) is 10.6 Å². The number of nitrogen functional groups attached to an aromatic ring is 1. The molecule has 106 valence electrons. The molecule has 0 spiro atoms. The first-order valence-electron chi connectivity index (χ1n) is 6.52. The van der Waals surface area contributed by atoms with Gasteiger partial charge in [0.15, 0.2) is 0 Å². The molecule has 1 aromatic carbocycles. The molecule has 0 aromatic heterocycles. The molecule has 5 heteroatoms. The van der Waals surface area contributed by atoms with Gasteiger partial charge in [-0.15, -0.1) is 0 Å². The Balaban J connectivity index is 2.10. The highest BCUT2D eigenvalue weighted by Gasteiger charge is 2.32. The average molecular weight is 284 g/mol. The number of nitrogens with two attached hydrogens (primary N) is 1. The zero-order chi connectivity index (χ0) is 13.9. The van der Waals surface area contributed by atoms with Gasteiger partial charge in [-0.3, -0.25) is 0 Å². The summed E-state index contributed by atoms with van der Waals surface area (Å²) in [4.78, 5) is 0. The van der Waals surface area contributed by atoms with E-state index in [0.29, 0.717) is 17.1 Å². The lowest BCUT2D eigenvalue weighted by Gasteiger charge is -2.27. The number of hydrogen-bond donors (Lipinski definition) is 2. The van der Waals surface area contributed by atoms with Crippen molar-refractivity contribution in [1.29, 1.82) is 0 Å². The van der Waals surface area contributed by atoms with Crippen molar-refractivity contribution in [1.82, 2.24) is 0 Å². The van der Waals surface area contributed by atoms with Crippen LogP contribution in [0.15, 0.2) is 12.1 Å². The average Bonchev–Trinajstić information content (AvgIpc) is 2.87. The summed E-state index contributed by atoms with van der Waals surface area (Å²) in [5, 5.41) is 3.22. The van der Waals surface area contributed by atoms with Crippen LogP contribution in [0.5, 0.6) is 5.75 Å². The fourth-order valence-electron chi connectivity index (χ4n) is 2.61. The molecular formula is C14H21FN2OS. The van der Waals surface area contributed by atoms with Gasteiger partial charge in [-0.25, -0.2) is 4.39 Å². The maximum atomic E-state index is 13.9. The SMILES string of the molecule is COc1cc(NCC2(SC)CCCC2)c(F)cc1N. The number of rotatable bonds is 5. The summed E-state index contributed by atoms with van der Waals surface area (Å²) >= 11 is 1.88. The molecule has 3 nitrogen and oxygen atoms in total. The van der Waals surface area contributed by atoms with Gasteiger partial charge in [0.25, 0.3) is 0 Å². The molecule has 1 saturated carbocycles. The second-order valence-corrected chi connectivity index (χ2v) is 6.30. The Morgan fingerprint density at radius 3 is 2.68 bits per heavy atom. The van der Waals surface area contributed by atoms with Gasteiger partial charge in [-0.05, 0) is 19.1 Å². The predicted octanol–water partition coefficient (Wildman–Crippen LogP) is 3.50. The Morgan fingerprint density at radius 1 is 1.42 bits per heavy atom. The van der Waals surface area contributed by atoms with Crippen LogP contribution < -0.4 is 15.8 Å². The van der Waals surface area contributed by atoms with Crippen molar-refractivity contribution in [2.45, 2.75) is 30.4 Å². The molecule has 1 aliphatic carbocycles. The van der Waals surface area contributed by atoms with Crippen LogP contribution in [0.25, 0.3) is 0 Å². The van der Waals surface area contributed by atoms with Gasteiger partial charge in [0.2, 0.25) is 0 Å². The lowest BCUT2D eigenvalue weighted by atomic mass is 10.1. The van der Waals surface area contributed by atoms with Crippen LogP contribution in [0.1, 0.15) is 25.7 Å². The van der Waals surface area contributed by atoms with E-state index >= 15 is 0 Å². The van der Waals surface area contributed by atoms with Crippen LogP contribution in [-0.2, 0) is 0 Å². The number of benzene rings is 1. The maximum Gasteiger partial charge on any atom is 0.148 e. The summed E-state index contributed by atoms with van der Waals surface area (Å²) in [6.07, 6.45) is 7.03. The minimum atomic E-state index is -0.326. The third kappa shape index (κ3) is 3.08. The van der Waals surface area contributed by atoms with Crippen molar-refractivity contribution >= 4 is 23.1 Å². The van der Waals surface area contributed by atoms with Crippen molar-refractivity contribution in [3.8, 4) is 5.75 Å². The zero-order valence-corrected chi connectivity index (χ0v) is 12.3. The third-order valence-corrected chi connectivity index (χ3v) is 5.29. The molecule has 1 fully saturated rings. The second kappa shape index (κ2) is 5.90. The van der Waals surface area contributed by atoms with E-state index in [4.69, 9.17) is 10.5 Å². The third-order valence-electron chi connectivity index (χ3n) is 3.87. The standard InChI is InChI=1S/C14H21FN2OS/c1-18-13-8-12(10(15)7-11(13)16)17-9-14(19-2)5-3-4-6-14/h7-8,17H,3-6,9,16H2,1-2H3. The minimum Gasteiger partial charge on any atom is -0.495 e. The van der Waals surface area contributed by atoms with Crippen LogP contribution in [0, 0.1) is 5.82 Å². The molecule has 0 amide bonds. The second-order valence-electron chi connectivity index (χ2n) is 5.02. The Kier molecular flexibility index (Phi) is 4.45. The number of hydrogen-bond acceptors (Lipinski definition) is 4. The van der Waals surface area contributed by atoms with Gasteiger partial charge >= 0.3 is 0 Å². The number of anilines is 2. The minimum absolute atomic E-state index is 0.237. The first-order valence-corrected chi connectivity index (χ1v) is 7.75. The number of nitrogens with one attached hydrogen (secondary N) is 1. The van der Waals surface area contributed by atoms with E-state index in [9.17, 15) is 4.39 Å². The number of methoxy groups -OCH3 is 1. The van der Waals surface area contributed by atoms with Crippen molar-refractivity contribution in [2.24, 2.45) is 0 Å². The van der Waals surface area contributed by atoms with Crippen LogP contribution >= 0.6 is 11.8 Å². The molecule has 0 heterocycles. The first-order chi connectivity index (χ1) is 9.10. The molecule has 0 atom stereocenters.